The second-order valence-electron chi connectivity index (χ2n) is 2.31. The number of carbonyl (C=O) groups excluding carboxylic acids is 1. The first-order valence-electron chi connectivity index (χ1n) is 3.32. The van der Waals surface area contributed by atoms with Crippen LogP contribution in [0.2, 0.25) is 5.02 Å². The Bertz CT molecular complexity index is 314. The van der Waals surface area contributed by atoms with Crippen LogP contribution in [-0.4, -0.2) is 5.91 Å². The van der Waals surface area contributed by atoms with E-state index in [1.54, 1.807) is 18.2 Å². The average Bonchev–Trinajstić information content (AvgIpc) is 1.94. The van der Waals surface area contributed by atoms with Gasteiger partial charge in [0.05, 0.1) is 5.69 Å². The molecule has 0 bridgehead atoms. The highest BCUT2D eigenvalue weighted by Crippen LogP contribution is 2.25. The second-order valence-corrected chi connectivity index (χ2v) is 3.60. The minimum Gasteiger partial charge on any atom is -0.325 e. The van der Waals surface area contributed by atoms with Crippen molar-refractivity contribution in [2.24, 2.45) is 0 Å². The van der Waals surface area contributed by atoms with Crippen molar-refractivity contribution in [2.75, 3.05) is 5.32 Å². The Hall–Kier alpha value is -0.540. The van der Waals surface area contributed by atoms with Gasteiger partial charge in [-0.3, -0.25) is 4.79 Å². The van der Waals surface area contributed by atoms with E-state index in [0.29, 0.717) is 5.02 Å². The molecule has 0 atom stereocenters. The molecule has 0 saturated heterocycles. The third-order valence-corrected chi connectivity index (χ3v) is 2.13. The maximum absolute atomic E-state index is 10.7. The van der Waals surface area contributed by atoms with Crippen LogP contribution in [0.15, 0.2) is 22.7 Å². The lowest BCUT2D eigenvalue weighted by Gasteiger charge is -2.04. The minimum atomic E-state index is -0.0991. The van der Waals surface area contributed by atoms with Crippen LogP contribution in [-0.2, 0) is 4.79 Å². The standard InChI is InChI=1S/C8H7BrClNO/c1-5(12)11-8-3-2-6(10)4-7(8)9/h2-4H,1H3,(H,11,12). The minimum absolute atomic E-state index is 0.0991. The molecule has 0 aromatic heterocycles. The summed E-state index contributed by atoms with van der Waals surface area (Å²) in [6.07, 6.45) is 0. The molecule has 2 nitrogen and oxygen atoms in total. The maximum atomic E-state index is 10.7. The summed E-state index contributed by atoms with van der Waals surface area (Å²) in [4.78, 5) is 10.7. The Morgan fingerprint density at radius 2 is 2.25 bits per heavy atom. The first-order valence-corrected chi connectivity index (χ1v) is 4.49. The number of rotatable bonds is 1. The zero-order valence-electron chi connectivity index (χ0n) is 6.40. The zero-order chi connectivity index (χ0) is 9.14. The number of anilines is 1. The Morgan fingerprint density at radius 3 is 2.75 bits per heavy atom. The van der Waals surface area contributed by atoms with E-state index in [-0.39, 0.29) is 5.91 Å². The summed E-state index contributed by atoms with van der Waals surface area (Å²) in [5.74, 6) is -0.0991. The topological polar surface area (TPSA) is 29.1 Å². The maximum Gasteiger partial charge on any atom is 0.221 e. The van der Waals surface area contributed by atoms with Gasteiger partial charge in [0.25, 0.3) is 0 Å². The third kappa shape index (κ3) is 2.50. The van der Waals surface area contributed by atoms with Crippen molar-refractivity contribution >= 4 is 39.1 Å². The van der Waals surface area contributed by atoms with Gasteiger partial charge in [-0.1, -0.05) is 11.6 Å². The molecule has 0 unspecified atom stereocenters. The van der Waals surface area contributed by atoms with Crippen molar-refractivity contribution in [3.63, 3.8) is 0 Å². The van der Waals surface area contributed by atoms with E-state index in [1.165, 1.54) is 6.92 Å². The highest BCUT2D eigenvalue weighted by atomic mass is 79.9. The van der Waals surface area contributed by atoms with E-state index >= 15 is 0 Å². The van der Waals surface area contributed by atoms with Crippen LogP contribution in [0.5, 0.6) is 0 Å². The van der Waals surface area contributed by atoms with Crippen LogP contribution in [0.25, 0.3) is 0 Å². The third-order valence-electron chi connectivity index (χ3n) is 1.24. The smallest absolute Gasteiger partial charge is 0.221 e. The fourth-order valence-corrected chi connectivity index (χ4v) is 1.56. The molecule has 1 rings (SSSR count). The number of hydrogen-bond donors (Lipinski definition) is 1. The van der Waals surface area contributed by atoms with Crippen LogP contribution < -0.4 is 5.32 Å². The fraction of sp³-hybridized carbons (Fsp3) is 0.125. The first-order chi connectivity index (χ1) is 5.59. The van der Waals surface area contributed by atoms with Crippen LogP contribution in [0.3, 0.4) is 0 Å². The van der Waals surface area contributed by atoms with Crippen molar-refractivity contribution in [2.45, 2.75) is 6.92 Å². The summed E-state index contributed by atoms with van der Waals surface area (Å²) in [7, 11) is 0. The molecule has 1 N–H and O–H groups in total. The number of hydrogen-bond acceptors (Lipinski definition) is 1. The number of halogens is 2. The van der Waals surface area contributed by atoms with Crippen LogP contribution in [0, 0.1) is 0 Å². The lowest BCUT2D eigenvalue weighted by molar-refractivity contribution is -0.114. The van der Waals surface area contributed by atoms with Crippen LogP contribution in [0.1, 0.15) is 6.92 Å². The number of nitrogens with one attached hydrogen (secondary N) is 1. The van der Waals surface area contributed by atoms with E-state index in [4.69, 9.17) is 11.6 Å². The Labute approximate surface area is 84.0 Å². The molecule has 4 heteroatoms. The van der Waals surface area contributed by atoms with Crippen LogP contribution in [0.4, 0.5) is 5.69 Å². The SMILES string of the molecule is CC(=O)Nc1ccc(Cl)cc1Br. The number of amides is 1. The van der Waals surface area contributed by atoms with Crippen molar-refractivity contribution < 1.29 is 4.79 Å². The van der Waals surface area contributed by atoms with Crippen molar-refractivity contribution in [3.8, 4) is 0 Å². The molecule has 1 amide bonds. The van der Waals surface area contributed by atoms with Gasteiger partial charge in [-0.15, -0.1) is 0 Å². The molecule has 0 saturated carbocycles. The van der Waals surface area contributed by atoms with Crippen molar-refractivity contribution in [1.29, 1.82) is 0 Å². The fourth-order valence-electron chi connectivity index (χ4n) is 0.780. The summed E-state index contributed by atoms with van der Waals surface area (Å²) in [5.41, 5.74) is 0.729. The average molecular weight is 249 g/mol. The van der Waals surface area contributed by atoms with Gasteiger partial charge >= 0.3 is 0 Å². The summed E-state index contributed by atoms with van der Waals surface area (Å²) in [6.45, 7) is 1.46. The molecule has 0 heterocycles. The molecule has 1 aromatic carbocycles. The normalized spacial score (nSPS) is 9.58. The zero-order valence-corrected chi connectivity index (χ0v) is 8.74. The van der Waals surface area contributed by atoms with E-state index in [2.05, 4.69) is 21.2 Å². The molecule has 0 aliphatic rings. The van der Waals surface area contributed by atoms with E-state index in [1.807, 2.05) is 0 Å². The van der Waals surface area contributed by atoms with E-state index in [0.717, 1.165) is 10.2 Å². The molecule has 0 radical (unpaired) electrons. The molecule has 1 aromatic rings. The number of benzene rings is 1. The summed E-state index contributed by atoms with van der Waals surface area (Å²) >= 11 is 8.99. The lowest BCUT2D eigenvalue weighted by Crippen LogP contribution is -2.05. The van der Waals surface area contributed by atoms with Gasteiger partial charge in [-0.25, -0.2) is 0 Å². The molecule has 0 fully saturated rings. The first kappa shape index (κ1) is 9.55. The van der Waals surface area contributed by atoms with Crippen molar-refractivity contribution in [3.05, 3.63) is 27.7 Å². The number of carbonyl (C=O) groups is 1. The highest BCUT2D eigenvalue weighted by Gasteiger charge is 2.00. The predicted octanol–water partition coefficient (Wildman–Crippen LogP) is 3.06. The van der Waals surface area contributed by atoms with Gasteiger partial charge in [0.15, 0.2) is 0 Å². The molecular formula is C8H7BrClNO. The van der Waals surface area contributed by atoms with Gasteiger partial charge in [0.1, 0.15) is 0 Å². The van der Waals surface area contributed by atoms with Crippen molar-refractivity contribution in [1.82, 2.24) is 0 Å². The summed E-state index contributed by atoms with van der Waals surface area (Å²) in [6, 6.07) is 5.19. The Balaban J connectivity index is 2.93. The van der Waals surface area contributed by atoms with E-state index < -0.39 is 0 Å². The second kappa shape index (κ2) is 3.92. The highest BCUT2D eigenvalue weighted by molar-refractivity contribution is 9.10. The Kier molecular flexibility index (Phi) is 3.12. The monoisotopic (exact) mass is 247 g/mol. The molecular weight excluding hydrogens is 241 g/mol. The molecule has 0 spiro atoms. The van der Waals surface area contributed by atoms with Gasteiger partial charge < -0.3 is 5.32 Å². The van der Waals surface area contributed by atoms with Gasteiger partial charge in [0, 0.05) is 16.4 Å². The quantitative estimate of drug-likeness (QED) is 0.813. The van der Waals surface area contributed by atoms with Crippen LogP contribution >= 0.6 is 27.5 Å². The molecule has 0 aliphatic heterocycles. The lowest BCUT2D eigenvalue weighted by atomic mass is 10.3. The van der Waals surface area contributed by atoms with Gasteiger partial charge in [-0.2, -0.15) is 0 Å². The molecule has 12 heavy (non-hydrogen) atoms. The Morgan fingerprint density at radius 1 is 1.58 bits per heavy atom. The predicted molar refractivity (Wildman–Crippen MR) is 53.5 cm³/mol. The largest absolute Gasteiger partial charge is 0.325 e. The summed E-state index contributed by atoms with van der Waals surface area (Å²) < 4.78 is 0.783. The van der Waals surface area contributed by atoms with E-state index in [9.17, 15) is 4.79 Å². The summed E-state index contributed by atoms with van der Waals surface area (Å²) in [5, 5.41) is 3.29. The van der Waals surface area contributed by atoms with Gasteiger partial charge in [-0.05, 0) is 34.1 Å². The van der Waals surface area contributed by atoms with Gasteiger partial charge in [0.2, 0.25) is 5.91 Å². The molecule has 64 valence electrons. The molecule has 0 aliphatic carbocycles.